The largest absolute Gasteiger partial charge is 0.511 e. The van der Waals surface area contributed by atoms with E-state index in [1.54, 1.807) is 12.1 Å². The van der Waals surface area contributed by atoms with Crippen molar-refractivity contribution < 1.29 is 24.1 Å². The van der Waals surface area contributed by atoms with Gasteiger partial charge in [-0.3, -0.25) is 0 Å². The zero-order chi connectivity index (χ0) is 19.7. The molecule has 0 radical (unpaired) electrons. The first-order valence-corrected chi connectivity index (χ1v) is 8.42. The predicted molar refractivity (Wildman–Crippen MR) is 103 cm³/mol. The van der Waals surface area contributed by atoms with Gasteiger partial charge in [0.1, 0.15) is 11.5 Å². The Balaban J connectivity index is 1.85. The second kappa shape index (κ2) is 7.00. The molecule has 0 amide bonds. The number of fused-ring (bicyclic) bond motifs is 1. The Morgan fingerprint density at radius 1 is 0.893 bits per heavy atom. The zero-order valence-electron chi connectivity index (χ0n) is 14.5. The summed E-state index contributed by atoms with van der Waals surface area (Å²) in [7, 11) is 0. The fourth-order valence-electron chi connectivity index (χ4n) is 3.04. The van der Waals surface area contributed by atoms with Gasteiger partial charge in [0, 0.05) is 5.56 Å². The lowest BCUT2D eigenvalue weighted by Crippen LogP contribution is -2.05. The molecule has 4 rings (SSSR count). The van der Waals surface area contributed by atoms with Crippen LogP contribution in [0.3, 0.4) is 0 Å². The van der Waals surface area contributed by atoms with Crippen molar-refractivity contribution in [3.63, 3.8) is 0 Å². The number of halogens is 1. The van der Waals surface area contributed by atoms with Gasteiger partial charge in [-0.15, -0.1) is 0 Å². The van der Waals surface area contributed by atoms with E-state index < -0.39 is 17.7 Å². The van der Waals surface area contributed by atoms with Crippen LogP contribution in [0.2, 0.25) is 0 Å². The molecule has 3 aromatic carbocycles. The van der Waals surface area contributed by atoms with Crippen molar-refractivity contribution in [2.75, 3.05) is 0 Å². The average molecular weight is 375 g/mol. The van der Waals surface area contributed by atoms with E-state index in [0.29, 0.717) is 11.1 Å². The van der Waals surface area contributed by atoms with Gasteiger partial charge >= 0.3 is 6.16 Å². The quantitative estimate of drug-likeness (QED) is 0.464. The van der Waals surface area contributed by atoms with Crippen molar-refractivity contribution in [1.82, 2.24) is 4.98 Å². The molecule has 1 aromatic heterocycles. The number of hydrogen-bond donors (Lipinski definition) is 2. The van der Waals surface area contributed by atoms with Gasteiger partial charge < -0.3 is 14.9 Å². The molecule has 0 aliphatic heterocycles. The highest BCUT2D eigenvalue weighted by Crippen LogP contribution is 2.41. The summed E-state index contributed by atoms with van der Waals surface area (Å²) in [6.07, 6.45) is -1.61. The molecule has 0 atom stereocenters. The molecule has 2 N–H and O–H groups in total. The SMILES string of the molecule is O=C(O)Oc1c(O)c(-c2ccc(-c3ccccc3)cc2)nc2ccc(F)cc12. The first-order chi connectivity index (χ1) is 13.5. The fourth-order valence-corrected chi connectivity index (χ4v) is 3.04. The molecule has 0 saturated heterocycles. The van der Waals surface area contributed by atoms with Gasteiger partial charge in [0.2, 0.25) is 0 Å². The van der Waals surface area contributed by atoms with Crippen molar-refractivity contribution >= 4 is 17.1 Å². The Kier molecular flexibility index (Phi) is 4.37. The molecule has 0 saturated carbocycles. The maximum Gasteiger partial charge on any atom is 0.511 e. The summed E-state index contributed by atoms with van der Waals surface area (Å²) >= 11 is 0. The Hall–Kier alpha value is -3.93. The maximum atomic E-state index is 13.6. The molecule has 0 bridgehead atoms. The topological polar surface area (TPSA) is 79.7 Å². The van der Waals surface area contributed by atoms with E-state index in [1.807, 2.05) is 42.5 Å². The van der Waals surface area contributed by atoms with Crippen LogP contribution in [0, 0.1) is 5.82 Å². The second-order valence-electron chi connectivity index (χ2n) is 6.11. The number of ether oxygens (including phenoxy) is 1. The van der Waals surface area contributed by atoms with Gasteiger partial charge in [-0.05, 0) is 29.3 Å². The molecular formula is C22H14FNO4. The summed E-state index contributed by atoms with van der Waals surface area (Å²) in [5, 5.41) is 19.7. The smallest absolute Gasteiger partial charge is 0.503 e. The lowest BCUT2D eigenvalue weighted by atomic mass is 10.0. The lowest BCUT2D eigenvalue weighted by molar-refractivity contribution is 0.143. The van der Waals surface area contributed by atoms with E-state index in [-0.39, 0.29) is 16.8 Å². The highest BCUT2D eigenvalue weighted by molar-refractivity contribution is 5.93. The van der Waals surface area contributed by atoms with E-state index in [4.69, 9.17) is 9.84 Å². The van der Waals surface area contributed by atoms with Crippen LogP contribution in [0.15, 0.2) is 72.8 Å². The molecule has 5 nitrogen and oxygen atoms in total. The first kappa shape index (κ1) is 17.5. The van der Waals surface area contributed by atoms with Crippen LogP contribution in [0.4, 0.5) is 9.18 Å². The minimum atomic E-state index is -1.61. The van der Waals surface area contributed by atoms with E-state index >= 15 is 0 Å². The predicted octanol–water partition coefficient (Wildman–Crippen LogP) is 5.47. The molecule has 0 aliphatic rings. The maximum absolute atomic E-state index is 13.6. The normalized spacial score (nSPS) is 10.8. The number of nitrogens with zero attached hydrogens (tertiary/aromatic N) is 1. The third kappa shape index (κ3) is 3.23. The number of hydrogen-bond acceptors (Lipinski definition) is 4. The van der Waals surface area contributed by atoms with Gasteiger partial charge in [0.25, 0.3) is 0 Å². The van der Waals surface area contributed by atoms with Crippen LogP contribution < -0.4 is 4.74 Å². The van der Waals surface area contributed by atoms with E-state index in [0.717, 1.165) is 17.2 Å². The van der Waals surface area contributed by atoms with E-state index in [1.165, 1.54) is 12.1 Å². The summed E-state index contributed by atoms with van der Waals surface area (Å²) < 4.78 is 18.3. The minimum Gasteiger partial charge on any atom is -0.503 e. The molecule has 4 aromatic rings. The molecule has 0 fully saturated rings. The zero-order valence-corrected chi connectivity index (χ0v) is 14.5. The Morgan fingerprint density at radius 3 is 2.21 bits per heavy atom. The molecule has 0 spiro atoms. The summed E-state index contributed by atoms with van der Waals surface area (Å²) in [6.45, 7) is 0. The number of benzene rings is 3. The third-order valence-corrected chi connectivity index (χ3v) is 4.33. The number of aromatic hydroxyl groups is 1. The van der Waals surface area contributed by atoms with E-state index in [9.17, 15) is 14.3 Å². The van der Waals surface area contributed by atoms with Crippen molar-refractivity contribution in [2.24, 2.45) is 0 Å². The van der Waals surface area contributed by atoms with Crippen LogP contribution in [-0.2, 0) is 0 Å². The van der Waals surface area contributed by atoms with Gasteiger partial charge in [-0.2, -0.15) is 0 Å². The van der Waals surface area contributed by atoms with Crippen molar-refractivity contribution in [3.05, 3.63) is 78.6 Å². The van der Waals surface area contributed by atoms with Gasteiger partial charge in [-0.1, -0.05) is 54.6 Å². The van der Waals surface area contributed by atoms with Crippen LogP contribution in [0.1, 0.15) is 0 Å². The van der Waals surface area contributed by atoms with Crippen molar-refractivity contribution in [2.45, 2.75) is 0 Å². The summed E-state index contributed by atoms with van der Waals surface area (Å²) in [5.41, 5.74) is 3.04. The Bertz CT molecular complexity index is 1170. The first-order valence-electron chi connectivity index (χ1n) is 8.42. The van der Waals surface area contributed by atoms with Crippen LogP contribution >= 0.6 is 0 Å². The number of carbonyl (C=O) groups is 1. The van der Waals surface area contributed by atoms with Crippen LogP contribution in [0.25, 0.3) is 33.3 Å². The van der Waals surface area contributed by atoms with Gasteiger partial charge in [0.15, 0.2) is 11.5 Å². The Labute approximate surface area is 159 Å². The van der Waals surface area contributed by atoms with Crippen molar-refractivity contribution in [1.29, 1.82) is 0 Å². The minimum absolute atomic E-state index is 0.0737. The Morgan fingerprint density at radius 2 is 1.54 bits per heavy atom. The highest BCUT2D eigenvalue weighted by atomic mass is 19.1. The number of pyridine rings is 1. The molecule has 0 aliphatic carbocycles. The number of rotatable bonds is 3. The second-order valence-corrected chi connectivity index (χ2v) is 6.11. The monoisotopic (exact) mass is 375 g/mol. The molecule has 1 heterocycles. The van der Waals surface area contributed by atoms with Crippen molar-refractivity contribution in [3.8, 4) is 33.9 Å². The average Bonchev–Trinajstić information content (AvgIpc) is 2.71. The molecule has 138 valence electrons. The third-order valence-electron chi connectivity index (χ3n) is 4.33. The fraction of sp³-hybridized carbons (Fsp3) is 0. The summed E-state index contributed by atoms with van der Waals surface area (Å²) in [6, 6.07) is 20.7. The highest BCUT2D eigenvalue weighted by Gasteiger charge is 2.20. The molecular weight excluding hydrogens is 361 g/mol. The van der Waals surface area contributed by atoms with Crippen LogP contribution in [-0.4, -0.2) is 21.4 Å². The molecule has 0 unspecified atom stereocenters. The summed E-state index contributed by atoms with van der Waals surface area (Å²) in [5.74, 6) is -1.41. The summed E-state index contributed by atoms with van der Waals surface area (Å²) in [4.78, 5) is 15.4. The van der Waals surface area contributed by atoms with Crippen LogP contribution in [0.5, 0.6) is 11.5 Å². The number of carboxylic acid groups (broad SMARTS) is 1. The molecule has 28 heavy (non-hydrogen) atoms. The van der Waals surface area contributed by atoms with Gasteiger partial charge in [0.05, 0.1) is 10.9 Å². The standard InChI is InChI=1S/C22H14FNO4/c23-16-10-11-18-17(12-16)21(28-22(26)27)20(25)19(24-18)15-8-6-14(7-9-15)13-4-2-1-3-5-13/h1-12,25H,(H,26,27). The number of aromatic nitrogens is 1. The molecule has 6 heteroatoms. The van der Waals surface area contributed by atoms with E-state index in [2.05, 4.69) is 4.98 Å². The van der Waals surface area contributed by atoms with Gasteiger partial charge in [-0.25, -0.2) is 14.2 Å². The lowest BCUT2D eigenvalue weighted by Gasteiger charge is -2.12.